The first-order chi connectivity index (χ1) is 22.4. The van der Waals surface area contributed by atoms with E-state index in [1.807, 2.05) is 25.1 Å². The smallest absolute Gasteiger partial charge is 0.258 e. The third-order valence-corrected chi connectivity index (χ3v) is 10.9. The van der Waals surface area contributed by atoms with E-state index in [0.29, 0.717) is 35.1 Å². The van der Waals surface area contributed by atoms with Gasteiger partial charge in [-0.15, -0.1) is 0 Å². The highest BCUT2D eigenvalue weighted by Crippen LogP contribution is 2.44. The average molecular weight is 620 g/mol. The van der Waals surface area contributed by atoms with E-state index in [9.17, 15) is 4.79 Å². The summed E-state index contributed by atoms with van der Waals surface area (Å²) in [7, 11) is 0. The lowest BCUT2D eigenvalue weighted by molar-refractivity contribution is 0.0756. The number of rotatable bonds is 2. The minimum atomic E-state index is -0.202. The van der Waals surface area contributed by atoms with Crippen LogP contribution >= 0.6 is 0 Å². The van der Waals surface area contributed by atoms with E-state index in [0.717, 1.165) is 66.6 Å². The Balaban J connectivity index is 1.07. The molecule has 0 radical (unpaired) electrons. The molecular weight excluding hydrogens is 574 g/mol. The number of ether oxygens (including phenoxy) is 1. The van der Waals surface area contributed by atoms with Crippen molar-refractivity contribution in [2.24, 2.45) is 11.3 Å². The Morgan fingerprint density at radius 3 is 2.57 bits per heavy atom. The molecule has 6 heterocycles. The molecular formula is C37H45N7O2. The van der Waals surface area contributed by atoms with Crippen molar-refractivity contribution in [2.45, 2.75) is 77.8 Å². The fourth-order valence-electron chi connectivity index (χ4n) is 7.96. The molecule has 1 aromatic carbocycles. The van der Waals surface area contributed by atoms with Crippen molar-refractivity contribution >= 4 is 28.6 Å². The van der Waals surface area contributed by atoms with E-state index in [1.165, 1.54) is 57.3 Å². The van der Waals surface area contributed by atoms with Crippen LogP contribution in [0.2, 0.25) is 0 Å². The molecule has 0 unspecified atom stereocenters. The summed E-state index contributed by atoms with van der Waals surface area (Å²) >= 11 is 0. The fraction of sp³-hybridized carbons (Fsp3) is 0.514. The maximum absolute atomic E-state index is 13.8. The number of anilines is 2. The van der Waals surface area contributed by atoms with Crippen molar-refractivity contribution in [3.8, 4) is 17.0 Å². The van der Waals surface area contributed by atoms with Crippen molar-refractivity contribution in [1.82, 2.24) is 24.4 Å². The average Bonchev–Trinajstić information content (AvgIpc) is 3.86. The molecule has 240 valence electrons. The van der Waals surface area contributed by atoms with Crippen molar-refractivity contribution in [3.63, 3.8) is 0 Å². The number of fused-ring (bicyclic) bond motifs is 7. The minimum absolute atomic E-state index is 0.202. The molecule has 2 bridgehead atoms. The van der Waals surface area contributed by atoms with Gasteiger partial charge in [-0.25, -0.2) is 4.98 Å². The Morgan fingerprint density at radius 2 is 1.76 bits per heavy atom. The lowest BCUT2D eigenvalue weighted by Crippen LogP contribution is -2.47. The molecule has 1 N–H and O–H groups in total. The Labute approximate surface area is 271 Å². The van der Waals surface area contributed by atoms with Crippen LogP contribution in [0.25, 0.3) is 22.3 Å². The number of pyridine rings is 2. The zero-order chi connectivity index (χ0) is 31.3. The predicted molar refractivity (Wildman–Crippen MR) is 181 cm³/mol. The number of piperidine rings is 2. The summed E-state index contributed by atoms with van der Waals surface area (Å²) in [6.07, 6.45) is 13.5. The Kier molecular flexibility index (Phi) is 7.67. The van der Waals surface area contributed by atoms with Gasteiger partial charge < -0.3 is 19.1 Å². The Bertz CT molecular complexity index is 1740. The summed E-state index contributed by atoms with van der Waals surface area (Å²) < 4.78 is 8.45. The molecule has 4 aliphatic rings. The van der Waals surface area contributed by atoms with Crippen LogP contribution in [-0.4, -0.2) is 69.2 Å². The van der Waals surface area contributed by atoms with Crippen LogP contribution in [0, 0.1) is 18.3 Å². The predicted octanol–water partition coefficient (Wildman–Crippen LogP) is 6.71. The van der Waals surface area contributed by atoms with Crippen LogP contribution < -0.4 is 15.0 Å². The van der Waals surface area contributed by atoms with Crippen LogP contribution in [0.1, 0.15) is 74.3 Å². The monoisotopic (exact) mass is 619 g/mol. The molecule has 9 heteroatoms. The summed E-state index contributed by atoms with van der Waals surface area (Å²) in [5.41, 5.74) is 6.50. The molecule has 1 spiro atoms. The lowest BCUT2D eigenvalue weighted by atomic mass is 9.71. The quantitative estimate of drug-likeness (QED) is 0.267. The van der Waals surface area contributed by atoms with Crippen LogP contribution in [-0.2, 0) is 6.54 Å². The van der Waals surface area contributed by atoms with Crippen molar-refractivity contribution in [1.29, 1.82) is 0 Å². The Morgan fingerprint density at radius 1 is 0.957 bits per heavy atom. The zero-order valence-electron chi connectivity index (χ0n) is 27.2. The van der Waals surface area contributed by atoms with E-state index in [-0.39, 0.29) is 5.91 Å². The summed E-state index contributed by atoms with van der Waals surface area (Å²) in [6, 6.07) is 13.1. The number of benzene rings is 1. The fourth-order valence-corrected chi connectivity index (χ4v) is 7.96. The summed E-state index contributed by atoms with van der Waals surface area (Å²) in [5.74, 6) is 1.49. The number of hydrogen-bond donors (Lipinski definition) is 1. The first kappa shape index (κ1) is 29.4. The SMILES string of the molecule is Cc1cc2cc(n1)-c1cnccc1OCCC[C@@H](C)Cn1c(nc3ccc(N4CCC5(CC4)CCN(C4CC4)CC5)cc31)NC2=O. The van der Waals surface area contributed by atoms with Gasteiger partial charge in [0.25, 0.3) is 5.91 Å². The van der Waals surface area contributed by atoms with E-state index in [1.54, 1.807) is 12.4 Å². The van der Waals surface area contributed by atoms with Gasteiger partial charge in [-0.3, -0.25) is 20.1 Å². The number of amides is 1. The van der Waals surface area contributed by atoms with Gasteiger partial charge in [-0.2, -0.15) is 0 Å². The molecule has 1 amide bonds. The highest BCUT2D eigenvalue weighted by atomic mass is 16.5. The van der Waals surface area contributed by atoms with Crippen LogP contribution in [0.3, 0.4) is 0 Å². The number of aromatic nitrogens is 4. The van der Waals surface area contributed by atoms with E-state index in [4.69, 9.17) is 14.7 Å². The van der Waals surface area contributed by atoms with Crippen LogP contribution in [0.15, 0.2) is 48.8 Å². The molecule has 3 fully saturated rings. The summed E-state index contributed by atoms with van der Waals surface area (Å²) in [6.45, 7) is 10.3. The number of carbonyl (C=O) groups excluding carboxylic acids is 1. The van der Waals surface area contributed by atoms with Gasteiger partial charge in [-0.1, -0.05) is 6.92 Å². The first-order valence-electron chi connectivity index (χ1n) is 17.3. The molecule has 2 saturated heterocycles. The number of imidazole rings is 1. The lowest BCUT2D eigenvalue weighted by Gasteiger charge is -2.47. The van der Waals surface area contributed by atoms with Crippen molar-refractivity contribution < 1.29 is 9.53 Å². The van der Waals surface area contributed by atoms with Gasteiger partial charge in [-0.05, 0) is 119 Å². The number of likely N-dealkylation sites (tertiary alicyclic amines) is 1. The maximum Gasteiger partial charge on any atom is 0.258 e. The van der Waals surface area contributed by atoms with E-state index < -0.39 is 0 Å². The second kappa shape index (κ2) is 12.0. The van der Waals surface area contributed by atoms with Crippen LogP contribution in [0.5, 0.6) is 5.75 Å². The van der Waals surface area contributed by atoms with Crippen molar-refractivity contribution in [3.05, 3.63) is 60.0 Å². The molecule has 3 aromatic heterocycles. The highest BCUT2D eigenvalue weighted by molar-refractivity contribution is 6.05. The van der Waals surface area contributed by atoms with Crippen LogP contribution in [0.4, 0.5) is 11.6 Å². The topological polar surface area (TPSA) is 88.4 Å². The van der Waals surface area contributed by atoms with Gasteiger partial charge in [0, 0.05) is 55.0 Å². The van der Waals surface area contributed by atoms with Gasteiger partial charge in [0.05, 0.1) is 28.9 Å². The third kappa shape index (κ3) is 5.85. The number of carbonyl (C=O) groups is 1. The number of hydrogen-bond acceptors (Lipinski definition) is 7. The summed E-state index contributed by atoms with van der Waals surface area (Å²) in [5, 5.41) is 3.17. The van der Waals surface area contributed by atoms with Gasteiger partial charge in [0.15, 0.2) is 0 Å². The van der Waals surface area contributed by atoms with Gasteiger partial charge in [0.2, 0.25) is 5.95 Å². The second-order valence-electron chi connectivity index (χ2n) is 14.3. The van der Waals surface area contributed by atoms with Crippen molar-refractivity contribution in [2.75, 3.05) is 43.0 Å². The molecule has 1 aliphatic carbocycles. The number of aryl methyl sites for hydroxylation is 1. The van der Waals surface area contributed by atoms with Gasteiger partial charge >= 0.3 is 0 Å². The van der Waals surface area contributed by atoms with E-state index >= 15 is 0 Å². The second-order valence-corrected chi connectivity index (χ2v) is 14.3. The Hall–Kier alpha value is -3.98. The molecule has 9 nitrogen and oxygen atoms in total. The zero-order valence-corrected chi connectivity index (χ0v) is 27.2. The molecule has 1 saturated carbocycles. The standard InChI is InChI=1S/C37H45N7O2/c1-25-4-3-19-46-34-9-14-38-23-30(34)32-21-27(20-26(2)39-32)35(45)41-36-40-31-8-7-29(22-33(31)44(36)24-25)43-17-12-37(13-18-43)10-15-42(16-11-37)28-5-6-28/h7-9,14,20-23,25,28H,3-6,10-13,15-19,24H2,1-2H3,(H,40,41,45)/t25-/m1/s1. The highest BCUT2D eigenvalue weighted by Gasteiger charge is 2.40. The maximum atomic E-state index is 13.8. The molecule has 1 atom stereocenters. The number of nitrogens with zero attached hydrogens (tertiary/aromatic N) is 6. The minimum Gasteiger partial charge on any atom is -0.493 e. The first-order valence-corrected chi connectivity index (χ1v) is 17.3. The third-order valence-electron chi connectivity index (χ3n) is 10.9. The van der Waals surface area contributed by atoms with Gasteiger partial charge in [0.1, 0.15) is 5.75 Å². The molecule has 4 aromatic rings. The largest absolute Gasteiger partial charge is 0.493 e. The molecule has 8 rings (SSSR count). The molecule has 46 heavy (non-hydrogen) atoms. The molecule has 3 aliphatic heterocycles. The summed E-state index contributed by atoms with van der Waals surface area (Å²) in [4.78, 5) is 33.1. The van der Waals surface area contributed by atoms with E-state index in [2.05, 4.69) is 49.8 Å². The normalized spacial score (nSPS) is 22.3. The number of nitrogens with one attached hydrogen (secondary N) is 1.